The Kier molecular flexibility index (Phi) is 5.21. The molecule has 0 saturated carbocycles. The third-order valence-electron chi connectivity index (χ3n) is 3.04. The van der Waals surface area contributed by atoms with Gasteiger partial charge in [-0.3, -0.25) is 0 Å². The van der Waals surface area contributed by atoms with Crippen LogP contribution in [-0.4, -0.2) is 36.8 Å². The summed E-state index contributed by atoms with van der Waals surface area (Å²) in [5, 5.41) is 22.0. The standard InChI is InChI=1S/C14H18O7Si2/c15-13-5-1-11(2-6-13)9-22(17,18)21-23(19,20)10-12-3-7-14(16)8-4-12/h1-8,15-20H,9-10H2/p-2. The molecule has 2 rings (SSSR count). The lowest BCUT2D eigenvalue weighted by atomic mass is 10.2. The van der Waals surface area contributed by atoms with Crippen molar-refractivity contribution >= 4 is 17.6 Å². The van der Waals surface area contributed by atoms with Crippen LogP contribution < -0.4 is 10.2 Å². The van der Waals surface area contributed by atoms with Crippen LogP contribution in [0.15, 0.2) is 48.5 Å². The molecule has 0 heterocycles. The molecule has 9 heteroatoms. The van der Waals surface area contributed by atoms with Gasteiger partial charge in [0.1, 0.15) is 0 Å². The molecule has 0 unspecified atom stereocenters. The van der Waals surface area contributed by atoms with Crippen molar-refractivity contribution in [1.29, 1.82) is 0 Å². The summed E-state index contributed by atoms with van der Waals surface area (Å²) >= 11 is 0. The van der Waals surface area contributed by atoms with Gasteiger partial charge in [-0.2, -0.15) is 0 Å². The maximum atomic E-state index is 11.0. The van der Waals surface area contributed by atoms with Crippen LogP contribution in [0.25, 0.3) is 0 Å². The first-order valence-corrected chi connectivity index (χ1v) is 10.8. The van der Waals surface area contributed by atoms with Gasteiger partial charge in [-0.15, -0.1) is 11.5 Å². The molecule has 0 saturated heterocycles. The first kappa shape index (κ1) is 17.6. The maximum Gasteiger partial charge on any atom is 0.492 e. The fourth-order valence-electron chi connectivity index (χ4n) is 2.08. The van der Waals surface area contributed by atoms with Crippen LogP contribution in [0.5, 0.6) is 11.5 Å². The lowest BCUT2D eigenvalue weighted by molar-refractivity contribution is -0.269. The van der Waals surface area contributed by atoms with Gasteiger partial charge in [-0.05, 0) is 11.1 Å². The summed E-state index contributed by atoms with van der Waals surface area (Å²) in [6.07, 6.45) is 0. The van der Waals surface area contributed by atoms with Crippen molar-refractivity contribution < 1.29 is 33.5 Å². The number of hydrogen-bond donors (Lipinski definition) is 4. The van der Waals surface area contributed by atoms with Gasteiger partial charge in [0, 0.05) is 12.1 Å². The van der Waals surface area contributed by atoms with Crippen molar-refractivity contribution in [2.24, 2.45) is 0 Å². The number of rotatable bonds is 6. The summed E-state index contributed by atoms with van der Waals surface area (Å²) in [7, 11) is -8.73. The summed E-state index contributed by atoms with van der Waals surface area (Å²) in [6, 6.07) is 10.2. The Hall–Kier alpha value is -1.73. The normalized spacial score (nSPS) is 12.3. The van der Waals surface area contributed by atoms with Gasteiger partial charge in [0.25, 0.3) is 0 Å². The summed E-state index contributed by atoms with van der Waals surface area (Å²) < 4.78 is 4.84. The van der Waals surface area contributed by atoms with Gasteiger partial charge in [0.15, 0.2) is 0 Å². The lowest BCUT2D eigenvalue weighted by Gasteiger charge is -2.26. The average Bonchev–Trinajstić information content (AvgIpc) is 2.42. The predicted octanol–water partition coefficient (Wildman–Crippen LogP) is -1.44. The first-order valence-electron chi connectivity index (χ1n) is 6.77. The van der Waals surface area contributed by atoms with E-state index in [0.29, 0.717) is 11.1 Å². The van der Waals surface area contributed by atoms with Gasteiger partial charge in [0.2, 0.25) is 0 Å². The highest BCUT2D eigenvalue weighted by Crippen LogP contribution is 2.17. The van der Waals surface area contributed by atoms with Crippen molar-refractivity contribution in [2.75, 3.05) is 0 Å². The fourth-order valence-corrected chi connectivity index (χ4v) is 6.29. The molecule has 0 aliphatic heterocycles. The Labute approximate surface area is 135 Å². The van der Waals surface area contributed by atoms with E-state index in [1.165, 1.54) is 48.5 Å². The Balaban J connectivity index is 2.02. The molecule has 0 aliphatic rings. The van der Waals surface area contributed by atoms with Crippen LogP contribution in [0.2, 0.25) is 0 Å². The molecule has 4 N–H and O–H groups in total. The lowest BCUT2D eigenvalue weighted by Crippen LogP contribution is -2.56. The molecule has 0 bridgehead atoms. The van der Waals surface area contributed by atoms with E-state index in [9.17, 15) is 29.4 Å². The van der Waals surface area contributed by atoms with Gasteiger partial charge < -0.3 is 33.5 Å². The monoisotopic (exact) mass is 352 g/mol. The van der Waals surface area contributed by atoms with Crippen molar-refractivity contribution in [3.8, 4) is 11.5 Å². The minimum Gasteiger partial charge on any atom is -0.872 e. The zero-order valence-corrected chi connectivity index (χ0v) is 14.0. The van der Waals surface area contributed by atoms with E-state index < -0.39 is 17.6 Å². The molecule has 2 aromatic carbocycles. The molecule has 0 fully saturated rings. The van der Waals surface area contributed by atoms with Gasteiger partial charge in [0.05, 0.1) is 0 Å². The van der Waals surface area contributed by atoms with E-state index in [-0.39, 0.29) is 23.6 Å². The van der Waals surface area contributed by atoms with Crippen molar-refractivity contribution in [2.45, 2.75) is 12.1 Å². The molecule has 124 valence electrons. The van der Waals surface area contributed by atoms with Crippen LogP contribution in [0.4, 0.5) is 0 Å². The van der Waals surface area contributed by atoms with Gasteiger partial charge in [-0.25, -0.2) is 0 Å². The molecule has 0 aliphatic carbocycles. The number of benzene rings is 2. The quantitative estimate of drug-likeness (QED) is 0.467. The van der Waals surface area contributed by atoms with Crippen LogP contribution in [0.3, 0.4) is 0 Å². The highest BCUT2D eigenvalue weighted by molar-refractivity contribution is 6.71. The van der Waals surface area contributed by atoms with Crippen molar-refractivity contribution in [3.05, 3.63) is 59.7 Å². The summed E-state index contributed by atoms with van der Waals surface area (Å²) in [6.45, 7) is 0. The average molecular weight is 352 g/mol. The van der Waals surface area contributed by atoms with E-state index in [0.717, 1.165) is 0 Å². The smallest absolute Gasteiger partial charge is 0.492 e. The van der Waals surface area contributed by atoms with E-state index in [1.807, 2.05) is 0 Å². The fraction of sp³-hybridized carbons (Fsp3) is 0.143. The molecule has 7 nitrogen and oxygen atoms in total. The maximum absolute atomic E-state index is 11.0. The first-order chi connectivity index (χ1) is 10.7. The van der Waals surface area contributed by atoms with E-state index in [2.05, 4.69) is 0 Å². The second-order valence-corrected chi connectivity index (χ2v) is 9.73. The zero-order valence-electron chi connectivity index (χ0n) is 12.0. The third kappa shape index (κ3) is 5.76. The summed E-state index contributed by atoms with van der Waals surface area (Å²) in [5.41, 5.74) is 0.892. The molecule has 0 atom stereocenters. The van der Waals surface area contributed by atoms with E-state index in [4.69, 9.17) is 4.12 Å². The molecular formula is C14H16O7Si2-2. The predicted molar refractivity (Wildman–Crippen MR) is 80.7 cm³/mol. The molecule has 0 spiro atoms. The largest absolute Gasteiger partial charge is 0.872 e. The van der Waals surface area contributed by atoms with E-state index in [1.54, 1.807) is 0 Å². The Morgan fingerprint density at radius 3 is 1.26 bits per heavy atom. The molecule has 0 radical (unpaired) electrons. The third-order valence-corrected chi connectivity index (χ3v) is 7.40. The molecule has 0 aromatic heterocycles. The SMILES string of the molecule is [O-]c1ccc(C[Si](O)(O)O[Si](O)(O)Cc2ccc([O-])cc2)cc1. The Bertz CT molecular complexity index is 584. The zero-order chi connectivity index (χ0) is 17.1. The molecular weight excluding hydrogens is 336 g/mol. The van der Waals surface area contributed by atoms with E-state index >= 15 is 0 Å². The second kappa shape index (κ2) is 6.80. The topological polar surface area (TPSA) is 136 Å². The molecule has 0 amide bonds. The van der Waals surface area contributed by atoms with Crippen LogP contribution in [0, 0.1) is 0 Å². The van der Waals surface area contributed by atoms with Crippen molar-refractivity contribution in [3.63, 3.8) is 0 Å². The summed E-state index contributed by atoms with van der Waals surface area (Å²) in [5.74, 6) is -0.430. The minimum atomic E-state index is -4.36. The van der Waals surface area contributed by atoms with Gasteiger partial charge >= 0.3 is 17.6 Å². The molecule has 23 heavy (non-hydrogen) atoms. The van der Waals surface area contributed by atoms with Crippen LogP contribution in [0.1, 0.15) is 11.1 Å². The van der Waals surface area contributed by atoms with Gasteiger partial charge in [-0.1, -0.05) is 48.5 Å². The number of hydrogen-bond acceptors (Lipinski definition) is 7. The Morgan fingerprint density at radius 2 is 0.957 bits per heavy atom. The highest BCUT2D eigenvalue weighted by Gasteiger charge is 2.45. The Morgan fingerprint density at radius 1 is 0.652 bits per heavy atom. The van der Waals surface area contributed by atoms with Crippen molar-refractivity contribution in [1.82, 2.24) is 0 Å². The van der Waals surface area contributed by atoms with Crippen LogP contribution >= 0.6 is 0 Å². The minimum absolute atomic E-state index is 0.215. The molecule has 2 aromatic rings. The summed E-state index contributed by atoms with van der Waals surface area (Å²) in [4.78, 5) is 39.8. The second-order valence-electron chi connectivity index (χ2n) is 5.23. The van der Waals surface area contributed by atoms with Crippen LogP contribution in [-0.2, 0) is 16.2 Å². The highest BCUT2D eigenvalue weighted by atomic mass is 28.5.